The minimum atomic E-state index is -0.265. The lowest BCUT2D eigenvalue weighted by atomic mass is 9.98. The van der Waals surface area contributed by atoms with Gasteiger partial charge in [0.2, 0.25) is 0 Å². The molecule has 1 aromatic carbocycles. The third-order valence-electron chi connectivity index (χ3n) is 4.64. The zero-order chi connectivity index (χ0) is 19.2. The summed E-state index contributed by atoms with van der Waals surface area (Å²) in [4.78, 5) is 21.1. The maximum Gasteiger partial charge on any atom is 0.281 e. The second-order valence-electron chi connectivity index (χ2n) is 6.38. The molecule has 2 aromatic rings. The average molecular weight is 366 g/mol. The van der Waals surface area contributed by atoms with Crippen LogP contribution < -0.4 is 5.32 Å². The van der Waals surface area contributed by atoms with Crippen LogP contribution in [0.15, 0.2) is 64.8 Å². The van der Waals surface area contributed by atoms with Gasteiger partial charge in [-0.15, -0.1) is 0 Å². The number of hydrogen-bond donors (Lipinski definition) is 1. The standard InChI is InChI=1S/C21H23FN4O/c1-23-19-16(12-15-6-5-8-17(22)13-15)7-3-4-9-18(19)20(24-2)21(27)26-11-10-25-14-26/h5-6,8,10-14,23H,3-4,7,9H2,1-2H3/b16-12+,24-20+. The first-order valence-electron chi connectivity index (χ1n) is 9.01. The number of aliphatic imine (C=N–C) groups is 1. The van der Waals surface area contributed by atoms with E-state index in [0.717, 1.165) is 48.1 Å². The van der Waals surface area contributed by atoms with Crippen molar-refractivity contribution in [3.8, 4) is 0 Å². The number of carbonyl (C=O) groups is 1. The number of imidazole rings is 1. The van der Waals surface area contributed by atoms with Crippen LogP contribution in [0.25, 0.3) is 6.08 Å². The first-order valence-corrected chi connectivity index (χ1v) is 9.01. The van der Waals surface area contributed by atoms with Crippen molar-refractivity contribution >= 4 is 17.7 Å². The third-order valence-corrected chi connectivity index (χ3v) is 4.64. The predicted octanol–water partition coefficient (Wildman–Crippen LogP) is 3.86. The molecule has 6 heteroatoms. The highest BCUT2D eigenvalue weighted by atomic mass is 19.1. The Morgan fingerprint density at radius 2 is 2.15 bits per heavy atom. The maximum atomic E-state index is 13.6. The predicted molar refractivity (Wildman–Crippen MR) is 105 cm³/mol. The lowest BCUT2D eigenvalue weighted by Gasteiger charge is -2.16. The Bertz CT molecular complexity index is 910. The first kappa shape index (κ1) is 18.8. The molecule has 27 heavy (non-hydrogen) atoms. The number of halogens is 1. The molecule has 0 bridgehead atoms. The van der Waals surface area contributed by atoms with Crippen LogP contribution in [-0.4, -0.2) is 35.3 Å². The van der Waals surface area contributed by atoms with Gasteiger partial charge in [0, 0.05) is 37.8 Å². The quantitative estimate of drug-likeness (QED) is 0.836. The summed E-state index contributed by atoms with van der Waals surface area (Å²) in [5.41, 5.74) is 4.05. The summed E-state index contributed by atoms with van der Waals surface area (Å²) in [5, 5.41) is 3.25. The van der Waals surface area contributed by atoms with Crippen LogP contribution in [0.4, 0.5) is 4.39 Å². The molecule has 140 valence electrons. The van der Waals surface area contributed by atoms with Crippen LogP contribution in [-0.2, 0) is 0 Å². The van der Waals surface area contributed by atoms with Gasteiger partial charge >= 0.3 is 0 Å². The SMILES string of the molecule is C/N=C(/C(=O)n1ccnc1)C1=C(NC)/C(=C/c2cccc(F)c2)CCCC1. The van der Waals surface area contributed by atoms with Gasteiger partial charge in [0.25, 0.3) is 5.91 Å². The highest BCUT2D eigenvalue weighted by Crippen LogP contribution is 2.29. The van der Waals surface area contributed by atoms with Gasteiger partial charge < -0.3 is 5.32 Å². The summed E-state index contributed by atoms with van der Waals surface area (Å²) in [6, 6.07) is 6.51. The molecule has 1 heterocycles. The summed E-state index contributed by atoms with van der Waals surface area (Å²) in [5.74, 6) is -0.468. The fourth-order valence-electron chi connectivity index (χ4n) is 3.41. The number of benzene rings is 1. The van der Waals surface area contributed by atoms with Gasteiger partial charge in [-0.3, -0.25) is 14.4 Å². The number of allylic oxidation sites excluding steroid dienone is 2. The molecule has 1 aliphatic rings. The van der Waals surface area contributed by atoms with E-state index in [-0.39, 0.29) is 11.7 Å². The highest BCUT2D eigenvalue weighted by Gasteiger charge is 2.24. The maximum absolute atomic E-state index is 13.6. The number of nitrogens with zero attached hydrogens (tertiary/aromatic N) is 3. The molecule has 0 unspecified atom stereocenters. The molecule has 0 amide bonds. The molecule has 1 N–H and O–H groups in total. The fraction of sp³-hybridized carbons (Fsp3) is 0.286. The Morgan fingerprint density at radius 1 is 1.33 bits per heavy atom. The molecular formula is C21H23FN4O. The number of rotatable bonds is 4. The molecule has 0 saturated carbocycles. The molecule has 3 rings (SSSR count). The first-order chi connectivity index (χ1) is 13.1. The van der Waals surface area contributed by atoms with Gasteiger partial charge in [-0.1, -0.05) is 12.1 Å². The van der Waals surface area contributed by atoms with Crippen LogP contribution >= 0.6 is 0 Å². The van der Waals surface area contributed by atoms with Crippen molar-refractivity contribution in [3.63, 3.8) is 0 Å². The Labute approximate surface area is 158 Å². The summed E-state index contributed by atoms with van der Waals surface area (Å²) >= 11 is 0. The molecule has 0 saturated heterocycles. The molecule has 1 aromatic heterocycles. The number of hydrogen-bond acceptors (Lipinski definition) is 4. The Kier molecular flexibility index (Phi) is 5.96. The summed E-state index contributed by atoms with van der Waals surface area (Å²) in [6.07, 6.45) is 10.2. The third kappa shape index (κ3) is 4.22. The van der Waals surface area contributed by atoms with Crippen molar-refractivity contribution in [2.75, 3.05) is 14.1 Å². The van der Waals surface area contributed by atoms with Crippen LogP contribution in [0, 0.1) is 5.82 Å². The number of aromatic nitrogens is 2. The van der Waals surface area contributed by atoms with Crippen LogP contribution in [0.2, 0.25) is 0 Å². The van der Waals surface area contributed by atoms with Gasteiger partial charge in [0.15, 0.2) is 0 Å². The van der Waals surface area contributed by atoms with E-state index in [1.165, 1.54) is 23.0 Å². The van der Waals surface area contributed by atoms with Crippen molar-refractivity contribution in [1.29, 1.82) is 0 Å². The van der Waals surface area contributed by atoms with Crippen molar-refractivity contribution < 1.29 is 9.18 Å². The van der Waals surface area contributed by atoms with E-state index in [9.17, 15) is 9.18 Å². The molecule has 0 spiro atoms. The lowest BCUT2D eigenvalue weighted by Crippen LogP contribution is -2.26. The summed E-state index contributed by atoms with van der Waals surface area (Å²) in [6.45, 7) is 0. The topological polar surface area (TPSA) is 59.3 Å². The largest absolute Gasteiger partial charge is 0.388 e. The summed E-state index contributed by atoms with van der Waals surface area (Å²) in [7, 11) is 3.47. The lowest BCUT2D eigenvalue weighted by molar-refractivity contribution is 0.0990. The number of nitrogens with one attached hydrogen (secondary N) is 1. The van der Waals surface area contributed by atoms with Crippen LogP contribution in [0.5, 0.6) is 0 Å². The second kappa shape index (κ2) is 8.58. The molecular weight excluding hydrogens is 343 g/mol. The van der Waals surface area contributed by atoms with E-state index < -0.39 is 0 Å². The van der Waals surface area contributed by atoms with Crippen molar-refractivity contribution in [3.05, 3.63) is 71.2 Å². The molecule has 1 aliphatic carbocycles. The van der Waals surface area contributed by atoms with Gasteiger partial charge in [0.1, 0.15) is 17.9 Å². The zero-order valence-corrected chi connectivity index (χ0v) is 15.6. The van der Waals surface area contributed by atoms with Gasteiger partial charge in [-0.25, -0.2) is 9.37 Å². The fourth-order valence-corrected chi connectivity index (χ4v) is 3.41. The molecule has 5 nitrogen and oxygen atoms in total. The molecule has 0 radical (unpaired) electrons. The highest BCUT2D eigenvalue weighted by molar-refractivity contribution is 6.46. The molecule has 0 aliphatic heterocycles. The van der Waals surface area contributed by atoms with Gasteiger partial charge in [-0.2, -0.15) is 0 Å². The summed E-state index contributed by atoms with van der Waals surface area (Å²) < 4.78 is 15.0. The van der Waals surface area contributed by atoms with Crippen molar-refractivity contribution in [2.45, 2.75) is 25.7 Å². The second-order valence-corrected chi connectivity index (χ2v) is 6.38. The minimum absolute atomic E-state index is 0.204. The van der Waals surface area contributed by atoms with Crippen molar-refractivity contribution in [1.82, 2.24) is 14.9 Å². The molecule has 0 fully saturated rings. The van der Waals surface area contributed by atoms with Crippen molar-refractivity contribution in [2.24, 2.45) is 4.99 Å². The average Bonchev–Trinajstić information content (AvgIpc) is 3.13. The van der Waals surface area contributed by atoms with E-state index >= 15 is 0 Å². The van der Waals surface area contributed by atoms with E-state index in [1.54, 1.807) is 25.5 Å². The smallest absolute Gasteiger partial charge is 0.281 e. The Balaban J connectivity index is 2.07. The van der Waals surface area contributed by atoms with E-state index in [0.29, 0.717) is 5.71 Å². The van der Waals surface area contributed by atoms with E-state index in [1.807, 2.05) is 19.2 Å². The monoisotopic (exact) mass is 366 g/mol. The Hall–Kier alpha value is -3.02. The van der Waals surface area contributed by atoms with Gasteiger partial charge in [-0.05, 0) is 55.0 Å². The number of likely N-dealkylation sites (N-methyl/N-ethyl adjacent to an activating group) is 1. The van der Waals surface area contributed by atoms with Crippen LogP contribution in [0.1, 0.15) is 36.0 Å². The Morgan fingerprint density at radius 3 is 2.81 bits per heavy atom. The minimum Gasteiger partial charge on any atom is -0.388 e. The van der Waals surface area contributed by atoms with E-state index in [2.05, 4.69) is 15.3 Å². The number of carbonyl (C=O) groups excluding carboxylic acids is 1. The zero-order valence-electron chi connectivity index (χ0n) is 15.6. The van der Waals surface area contributed by atoms with E-state index in [4.69, 9.17) is 0 Å². The van der Waals surface area contributed by atoms with Crippen LogP contribution in [0.3, 0.4) is 0 Å². The normalized spacial score (nSPS) is 17.1. The molecule has 0 atom stereocenters. The van der Waals surface area contributed by atoms with Gasteiger partial charge in [0.05, 0.1) is 0 Å².